The number of rotatable bonds is 3. The Morgan fingerprint density at radius 1 is 1.26 bits per heavy atom. The van der Waals surface area contributed by atoms with E-state index in [4.69, 9.17) is 9.47 Å². The van der Waals surface area contributed by atoms with Crippen molar-refractivity contribution in [3.05, 3.63) is 48.0 Å². The highest BCUT2D eigenvalue weighted by molar-refractivity contribution is 6.06. The maximum absolute atomic E-state index is 12.4. The van der Waals surface area contributed by atoms with Crippen LogP contribution < -0.4 is 19.7 Å². The number of hydrogen-bond acceptors (Lipinski definition) is 4. The highest BCUT2D eigenvalue weighted by Crippen LogP contribution is 2.33. The average Bonchev–Trinajstić information content (AvgIpc) is 2.58. The summed E-state index contributed by atoms with van der Waals surface area (Å²) in [5.74, 6) is 0.681. The minimum absolute atomic E-state index is 0.00654. The number of ether oxygens (including phenoxy) is 2. The molecule has 1 N–H and O–H groups in total. The molecule has 0 bridgehead atoms. The first kappa shape index (κ1) is 14.9. The van der Waals surface area contributed by atoms with Crippen molar-refractivity contribution in [1.29, 1.82) is 0 Å². The largest absolute Gasteiger partial charge is 0.496 e. The molecular weight excluding hydrogens is 296 g/mol. The van der Waals surface area contributed by atoms with Gasteiger partial charge in [0.25, 0.3) is 11.8 Å². The van der Waals surface area contributed by atoms with Crippen LogP contribution in [0.4, 0.5) is 11.4 Å². The van der Waals surface area contributed by atoms with Crippen molar-refractivity contribution in [3.8, 4) is 11.5 Å². The zero-order valence-corrected chi connectivity index (χ0v) is 12.8. The molecule has 6 nitrogen and oxygen atoms in total. The van der Waals surface area contributed by atoms with Crippen LogP contribution in [0.25, 0.3) is 0 Å². The number of hydrogen-bond donors (Lipinski definition) is 1. The Kier molecular flexibility index (Phi) is 3.89. The minimum Gasteiger partial charge on any atom is -0.496 e. The zero-order valence-electron chi connectivity index (χ0n) is 12.8. The predicted octanol–water partition coefficient (Wildman–Crippen LogP) is 2.30. The van der Waals surface area contributed by atoms with E-state index in [1.165, 1.54) is 12.0 Å². The molecule has 2 amide bonds. The van der Waals surface area contributed by atoms with E-state index in [2.05, 4.69) is 5.32 Å². The van der Waals surface area contributed by atoms with Gasteiger partial charge in [-0.2, -0.15) is 0 Å². The van der Waals surface area contributed by atoms with Crippen LogP contribution in [0.5, 0.6) is 11.5 Å². The quantitative estimate of drug-likeness (QED) is 0.944. The summed E-state index contributed by atoms with van der Waals surface area (Å²) in [6.45, 7) is -0.00654. The molecule has 0 radical (unpaired) electrons. The molecule has 0 saturated heterocycles. The van der Waals surface area contributed by atoms with Crippen LogP contribution in [0.1, 0.15) is 10.4 Å². The highest BCUT2D eigenvalue weighted by atomic mass is 16.5. The maximum atomic E-state index is 12.4. The Balaban J connectivity index is 1.84. The van der Waals surface area contributed by atoms with Crippen LogP contribution in [0, 0.1) is 0 Å². The maximum Gasteiger partial charge on any atom is 0.264 e. The van der Waals surface area contributed by atoms with Gasteiger partial charge >= 0.3 is 0 Å². The second-order valence-corrected chi connectivity index (χ2v) is 5.08. The summed E-state index contributed by atoms with van der Waals surface area (Å²) in [5.41, 5.74) is 1.71. The molecule has 2 aromatic carbocycles. The summed E-state index contributed by atoms with van der Waals surface area (Å²) in [6, 6.07) is 12.2. The lowest BCUT2D eigenvalue weighted by Crippen LogP contribution is -2.35. The van der Waals surface area contributed by atoms with Crippen LogP contribution in [-0.4, -0.2) is 32.6 Å². The number of nitrogens with zero attached hydrogens (tertiary/aromatic N) is 1. The van der Waals surface area contributed by atoms with Crippen molar-refractivity contribution in [1.82, 2.24) is 0 Å². The molecule has 1 aliphatic rings. The van der Waals surface area contributed by atoms with Crippen LogP contribution in [0.15, 0.2) is 42.5 Å². The van der Waals surface area contributed by atoms with Gasteiger partial charge < -0.3 is 19.7 Å². The standard InChI is InChI=1S/C17H16N2O4/c1-19-13-8-7-11(9-15(13)23-10-16(19)20)18-17(21)12-5-3-4-6-14(12)22-2/h3-9H,10H2,1-2H3,(H,18,21). The molecule has 6 heteroatoms. The summed E-state index contributed by atoms with van der Waals surface area (Å²) in [6.07, 6.45) is 0. The molecule has 2 aromatic rings. The fraction of sp³-hybridized carbons (Fsp3) is 0.176. The highest BCUT2D eigenvalue weighted by Gasteiger charge is 2.22. The lowest BCUT2D eigenvalue weighted by atomic mass is 10.1. The second kappa shape index (κ2) is 6.00. The fourth-order valence-electron chi connectivity index (χ4n) is 2.39. The fourth-order valence-corrected chi connectivity index (χ4v) is 2.39. The van der Waals surface area contributed by atoms with Gasteiger partial charge in [-0.25, -0.2) is 0 Å². The minimum atomic E-state index is -0.275. The SMILES string of the molecule is COc1ccccc1C(=O)Nc1ccc2c(c1)OCC(=O)N2C. The first-order valence-corrected chi connectivity index (χ1v) is 7.08. The molecule has 0 aromatic heterocycles. The number of amides is 2. The number of methoxy groups -OCH3 is 1. The van der Waals surface area contributed by atoms with Gasteiger partial charge in [0.05, 0.1) is 18.4 Å². The molecule has 0 spiro atoms. The van der Waals surface area contributed by atoms with Crippen LogP contribution in [0.3, 0.4) is 0 Å². The van der Waals surface area contributed by atoms with Crippen molar-refractivity contribution >= 4 is 23.2 Å². The van der Waals surface area contributed by atoms with Crippen molar-refractivity contribution in [2.45, 2.75) is 0 Å². The number of carbonyl (C=O) groups excluding carboxylic acids is 2. The second-order valence-electron chi connectivity index (χ2n) is 5.08. The van der Waals surface area contributed by atoms with E-state index in [0.717, 1.165) is 0 Å². The number of fused-ring (bicyclic) bond motifs is 1. The van der Waals surface area contributed by atoms with Gasteiger partial charge in [0.15, 0.2) is 6.61 Å². The van der Waals surface area contributed by atoms with E-state index in [1.807, 2.05) is 0 Å². The van der Waals surface area contributed by atoms with E-state index in [-0.39, 0.29) is 18.4 Å². The smallest absolute Gasteiger partial charge is 0.264 e. The number of para-hydroxylation sites is 1. The molecule has 0 saturated carbocycles. The van der Waals surface area contributed by atoms with E-state index < -0.39 is 0 Å². The number of carbonyl (C=O) groups is 2. The molecule has 0 atom stereocenters. The third kappa shape index (κ3) is 2.83. The van der Waals surface area contributed by atoms with Crippen molar-refractivity contribution in [3.63, 3.8) is 0 Å². The third-order valence-corrected chi connectivity index (χ3v) is 3.66. The molecule has 0 aliphatic carbocycles. The summed E-state index contributed by atoms with van der Waals surface area (Å²) in [4.78, 5) is 25.5. The first-order valence-electron chi connectivity index (χ1n) is 7.08. The van der Waals surface area contributed by atoms with Crippen LogP contribution >= 0.6 is 0 Å². The predicted molar refractivity (Wildman–Crippen MR) is 86.3 cm³/mol. The van der Waals surface area contributed by atoms with Gasteiger partial charge in [-0.15, -0.1) is 0 Å². The Morgan fingerprint density at radius 3 is 2.83 bits per heavy atom. The van der Waals surface area contributed by atoms with Gasteiger partial charge in [-0.05, 0) is 24.3 Å². The number of nitrogens with one attached hydrogen (secondary N) is 1. The molecule has 0 fully saturated rings. The molecule has 1 aliphatic heterocycles. The van der Waals surface area contributed by atoms with Crippen LogP contribution in [-0.2, 0) is 4.79 Å². The Labute approximate surface area is 133 Å². The summed E-state index contributed by atoms with van der Waals surface area (Å²) < 4.78 is 10.6. The van der Waals surface area contributed by atoms with Gasteiger partial charge in [0.1, 0.15) is 11.5 Å². The number of likely N-dealkylation sites (N-methyl/N-ethyl adjacent to an activating group) is 1. The summed E-state index contributed by atoms with van der Waals surface area (Å²) in [7, 11) is 3.21. The van der Waals surface area contributed by atoms with Crippen molar-refractivity contribution in [2.24, 2.45) is 0 Å². The van der Waals surface area contributed by atoms with Crippen molar-refractivity contribution in [2.75, 3.05) is 31.0 Å². The van der Waals surface area contributed by atoms with Crippen LogP contribution in [0.2, 0.25) is 0 Å². The molecular formula is C17H16N2O4. The van der Waals surface area contributed by atoms with E-state index >= 15 is 0 Å². The average molecular weight is 312 g/mol. The number of benzene rings is 2. The molecule has 1 heterocycles. The normalized spacial score (nSPS) is 13.1. The summed E-state index contributed by atoms with van der Waals surface area (Å²) >= 11 is 0. The zero-order chi connectivity index (χ0) is 16.4. The van der Waals surface area contributed by atoms with Gasteiger partial charge in [-0.3, -0.25) is 9.59 Å². The first-order chi connectivity index (χ1) is 11.1. The topological polar surface area (TPSA) is 67.9 Å². The van der Waals surface area contributed by atoms with Crippen molar-refractivity contribution < 1.29 is 19.1 Å². The molecule has 0 unspecified atom stereocenters. The Morgan fingerprint density at radius 2 is 2.04 bits per heavy atom. The lowest BCUT2D eigenvalue weighted by molar-refractivity contribution is -0.120. The van der Waals surface area contributed by atoms with E-state index in [1.54, 1.807) is 49.5 Å². The lowest BCUT2D eigenvalue weighted by Gasteiger charge is -2.26. The monoisotopic (exact) mass is 312 g/mol. The van der Waals surface area contributed by atoms with Gasteiger partial charge in [0, 0.05) is 18.8 Å². The van der Waals surface area contributed by atoms with Gasteiger partial charge in [-0.1, -0.05) is 12.1 Å². The molecule has 3 rings (SSSR count). The molecule has 118 valence electrons. The van der Waals surface area contributed by atoms with E-state index in [0.29, 0.717) is 28.4 Å². The third-order valence-electron chi connectivity index (χ3n) is 3.66. The van der Waals surface area contributed by atoms with E-state index in [9.17, 15) is 9.59 Å². The van der Waals surface area contributed by atoms with Gasteiger partial charge in [0.2, 0.25) is 0 Å². The number of anilines is 2. The Hall–Kier alpha value is -3.02. The molecule has 23 heavy (non-hydrogen) atoms. The summed E-state index contributed by atoms with van der Waals surface area (Å²) in [5, 5.41) is 2.81. The Bertz CT molecular complexity index is 773.